The van der Waals surface area contributed by atoms with E-state index in [0.29, 0.717) is 23.8 Å². The van der Waals surface area contributed by atoms with Crippen molar-refractivity contribution < 1.29 is 9.53 Å². The van der Waals surface area contributed by atoms with E-state index in [1.54, 1.807) is 6.07 Å². The minimum Gasteiger partial charge on any atom is -0.381 e. The SMILES string of the molecule is O=C1NC2(CCOCC2)Nc2cc(Br)cc(Cl)c21. The summed E-state index contributed by atoms with van der Waals surface area (Å²) in [5.41, 5.74) is 0.893. The van der Waals surface area contributed by atoms with Crippen molar-refractivity contribution in [1.82, 2.24) is 5.32 Å². The first-order chi connectivity index (χ1) is 8.60. The summed E-state index contributed by atoms with van der Waals surface area (Å²) in [5, 5.41) is 6.87. The Bertz CT molecular complexity index is 515. The van der Waals surface area contributed by atoms with Gasteiger partial charge in [-0.2, -0.15) is 0 Å². The number of fused-ring (bicyclic) bond motifs is 1. The fraction of sp³-hybridized carbons (Fsp3) is 0.417. The molecule has 3 rings (SSSR count). The van der Waals surface area contributed by atoms with E-state index in [9.17, 15) is 4.79 Å². The second-order valence-electron chi connectivity index (χ2n) is 4.58. The number of halogens is 2. The first-order valence-corrected chi connectivity index (χ1v) is 6.94. The fourth-order valence-electron chi connectivity index (χ4n) is 2.44. The fourth-order valence-corrected chi connectivity index (χ4v) is 3.34. The zero-order valence-corrected chi connectivity index (χ0v) is 11.9. The number of amides is 1. The van der Waals surface area contributed by atoms with Gasteiger partial charge in [-0.15, -0.1) is 0 Å². The number of nitrogens with one attached hydrogen (secondary N) is 2. The van der Waals surface area contributed by atoms with Gasteiger partial charge in [-0.3, -0.25) is 4.79 Å². The van der Waals surface area contributed by atoms with E-state index in [-0.39, 0.29) is 5.91 Å². The zero-order chi connectivity index (χ0) is 12.8. The molecule has 0 aliphatic carbocycles. The van der Waals surface area contributed by atoms with Gasteiger partial charge in [0.05, 0.1) is 29.5 Å². The molecule has 2 heterocycles. The second kappa shape index (κ2) is 4.40. The molecule has 4 nitrogen and oxygen atoms in total. The molecule has 96 valence electrons. The molecule has 0 saturated carbocycles. The van der Waals surface area contributed by atoms with Gasteiger partial charge in [0.2, 0.25) is 0 Å². The Kier molecular flexibility index (Phi) is 3.00. The van der Waals surface area contributed by atoms with Crippen LogP contribution in [0, 0.1) is 0 Å². The van der Waals surface area contributed by atoms with Crippen LogP contribution in [0.3, 0.4) is 0 Å². The Morgan fingerprint density at radius 1 is 1.28 bits per heavy atom. The molecule has 2 aliphatic heterocycles. The van der Waals surface area contributed by atoms with Crippen LogP contribution >= 0.6 is 27.5 Å². The molecule has 6 heteroatoms. The maximum absolute atomic E-state index is 12.2. The highest BCUT2D eigenvalue weighted by Crippen LogP contribution is 2.36. The highest BCUT2D eigenvalue weighted by Gasteiger charge is 2.39. The van der Waals surface area contributed by atoms with E-state index in [4.69, 9.17) is 16.3 Å². The molecule has 1 spiro atoms. The summed E-state index contributed by atoms with van der Waals surface area (Å²) >= 11 is 9.51. The first-order valence-electron chi connectivity index (χ1n) is 5.77. The molecule has 1 aromatic rings. The van der Waals surface area contributed by atoms with Crippen LogP contribution in [0.5, 0.6) is 0 Å². The Hall–Kier alpha value is -0.780. The molecule has 2 N–H and O–H groups in total. The third-order valence-corrected chi connectivity index (χ3v) is 4.11. The number of hydrogen-bond donors (Lipinski definition) is 2. The predicted molar refractivity (Wildman–Crippen MR) is 73.0 cm³/mol. The summed E-state index contributed by atoms with van der Waals surface area (Å²) in [6.07, 6.45) is 1.50. The standard InChI is InChI=1S/C12H12BrClN2O2/c13-7-5-8(14)10-9(6-7)15-12(16-11(10)17)1-3-18-4-2-12/h5-6,15H,1-4H2,(H,16,17). The Balaban J connectivity index is 2.03. The third kappa shape index (κ3) is 2.00. The van der Waals surface area contributed by atoms with Gasteiger partial charge in [0, 0.05) is 17.3 Å². The number of carbonyl (C=O) groups excluding carboxylic acids is 1. The van der Waals surface area contributed by atoms with Crippen LogP contribution in [-0.4, -0.2) is 24.8 Å². The van der Waals surface area contributed by atoms with Crippen LogP contribution in [0.4, 0.5) is 5.69 Å². The van der Waals surface area contributed by atoms with Crippen molar-refractivity contribution in [2.75, 3.05) is 18.5 Å². The lowest BCUT2D eigenvalue weighted by Gasteiger charge is -2.43. The van der Waals surface area contributed by atoms with E-state index >= 15 is 0 Å². The number of rotatable bonds is 0. The average molecular weight is 332 g/mol. The molecule has 1 fully saturated rings. The maximum atomic E-state index is 12.2. The number of benzene rings is 1. The van der Waals surface area contributed by atoms with Crippen molar-refractivity contribution in [2.24, 2.45) is 0 Å². The van der Waals surface area contributed by atoms with Gasteiger partial charge in [0.15, 0.2) is 0 Å². The lowest BCUT2D eigenvalue weighted by Crippen LogP contribution is -2.60. The smallest absolute Gasteiger partial charge is 0.256 e. The lowest BCUT2D eigenvalue weighted by atomic mass is 9.95. The van der Waals surface area contributed by atoms with Crippen molar-refractivity contribution >= 4 is 39.1 Å². The highest BCUT2D eigenvalue weighted by atomic mass is 79.9. The van der Waals surface area contributed by atoms with Crippen LogP contribution < -0.4 is 10.6 Å². The van der Waals surface area contributed by atoms with Gasteiger partial charge in [-0.05, 0) is 12.1 Å². The minimum atomic E-state index is -0.396. The molecule has 1 aromatic carbocycles. The second-order valence-corrected chi connectivity index (χ2v) is 5.91. The Morgan fingerprint density at radius 2 is 2.00 bits per heavy atom. The monoisotopic (exact) mass is 330 g/mol. The van der Waals surface area contributed by atoms with Crippen molar-refractivity contribution in [3.05, 3.63) is 27.2 Å². The summed E-state index contributed by atoms with van der Waals surface area (Å²) < 4.78 is 6.20. The minimum absolute atomic E-state index is 0.122. The number of ether oxygens (including phenoxy) is 1. The molecule has 1 saturated heterocycles. The molecule has 0 unspecified atom stereocenters. The Morgan fingerprint density at radius 3 is 2.72 bits per heavy atom. The molecule has 1 amide bonds. The molecule has 0 bridgehead atoms. The van der Waals surface area contributed by atoms with Gasteiger partial charge in [-0.1, -0.05) is 27.5 Å². The van der Waals surface area contributed by atoms with Crippen LogP contribution in [0.15, 0.2) is 16.6 Å². The molecule has 0 radical (unpaired) electrons. The van der Waals surface area contributed by atoms with Crippen molar-refractivity contribution in [3.8, 4) is 0 Å². The van der Waals surface area contributed by atoms with E-state index < -0.39 is 5.66 Å². The lowest BCUT2D eigenvalue weighted by molar-refractivity contribution is 0.0436. The number of anilines is 1. The van der Waals surface area contributed by atoms with Crippen molar-refractivity contribution in [2.45, 2.75) is 18.5 Å². The van der Waals surface area contributed by atoms with Gasteiger partial charge >= 0.3 is 0 Å². The predicted octanol–water partition coefficient (Wildman–Crippen LogP) is 2.76. The Labute approximate surface area is 118 Å². The first kappa shape index (κ1) is 12.3. The third-order valence-electron chi connectivity index (χ3n) is 3.36. The number of hydrogen-bond acceptors (Lipinski definition) is 3. The summed E-state index contributed by atoms with van der Waals surface area (Å²) in [6, 6.07) is 3.61. The van der Waals surface area contributed by atoms with Crippen LogP contribution in [0.25, 0.3) is 0 Å². The van der Waals surface area contributed by atoms with Crippen molar-refractivity contribution in [3.63, 3.8) is 0 Å². The van der Waals surface area contributed by atoms with Crippen LogP contribution in [0.2, 0.25) is 5.02 Å². The summed E-state index contributed by atoms with van der Waals surface area (Å²) in [7, 11) is 0. The van der Waals surface area contributed by atoms with E-state index in [0.717, 1.165) is 23.0 Å². The van der Waals surface area contributed by atoms with Gasteiger partial charge < -0.3 is 15.4 Å². The van der Waals surface area contributed by atoms with Crippen LogP contribution in [0.1, 0.15) is 23.2 Å². The maximum Gasteiger partial charge on any atom is 0.256 e. The van der Waals surface area contributed by atoms with E-state index in [1.807, 2.05) is 6.07 Å². The molecule has 0 atom stereocenters. The quantitative estimate of drug-likeness (QED) is 0.768. The van der Waals surface area contributed by atoms with Crippen molar-refractivity contribution in [1.29, 1.82) is 0 Å². The largest absolute Gasteiger partial charge is 0.381 e. The molecular weight excluding hydrogens is 320 g/mol. The van der Waals surface area contributed by atoms with Crippen LogP contribution in [-0.2, 0) is 4.74 Å². The molecule has 18 heavy (non-hydrogen) atoms. The van der Waals surface area contributed by atoms with Gasteiger partial charge in [0.1, 0.15) is 5.66 Å². The summed E-state index contributed by atoms with van der Waals surface area (Å²) in [6.45, 7) is 1.29. The summed E-state index contributed by atoms with van der Waals surface area (Å²) in [5.74, 6) is -0.122. The van der Waals surface area contributed by atoms with Gasteiger partial charge in [-0.25, -0.2) is 0 Å². The van der Waals surface area contributed by atoms with Gasteiger partial charge in [0.25, 0.3) is 5.91 Å². The molecular formula is C12H12BrClN2O2. The topological polar surface area (TPSA) is 50.4 Å². The summed E-state index contributed by atoms with van der Waals surface area (Å²) in [4.78, 5) is 12.2. The highest BCUT2D eigenvalue weighted by molar-refractivity contribution is 9.10. The molecule has 0 aromatic heterocycles. The normalized spacial score (nSPS) is 21.1. The number of carbonyl (C=O) groups is 1. The average Bonchev–Trinajstić information content (AvgIpc) is 2.27. The van der Waals surface area contributed by atoms with E-state index in [2.05, 4.69) is 26.6 Å². The zero-order valence-electron chi connectivity index (χ0n) is 9.56. The van der Waals surface area contributed by atoms with E-state index in [1.165, 1.54) is 0 Å². The molecule has 2 aliphatic rings.